The molecular weight excluding hydrogens is 264 g/mol. The van der Waals surface area contributed by atoms with Crippen LogP contribution in [0.4, 0.5) is 5.95 Å². The summed E-state index contributed by atoms with van der Waals surface area (Å²) in [5, 5.41) is 4.36. The van der Waals surface area contributed by atoms with E-state index in [4.69, 9.17) is 4.74 Å². The molecule has 0 bridgehead atoms. The number of benzene rings is 1. The standard InChI is InChI=1S/C16H16N4O/c1-21-14-8-11-19-16(20-14)18-10-7-13-5-2-4-12-6-3-9-17-15(12)13/h2-6,8-9,11H,7,10H2,1H3,(H,18,19,20). The lowest BCUT2D eigenvalue weighted by Gasteiger charge is -2.07. The quantitative estimate of drug-likeness (QED) is 0.778. The lowest BCUT2D eigenvalue weighted by molar-refractivity contribution is 0.397. The van der Waals surface area contributed by atoms with Crippen LogP contribution < -0.4 is 10.1 Å². The molecule has 1 aromatic carbocycles. The number of hydrogen-bond acceptors (Lipinski definition) is 5. The fourth-order valence-electron chi connectivity index (χ4n) is 2.22. The van der Waals surface area contributed by atoms with Gasteiger partial charge in [-0.15, -0.1) is 0 Å². The van der Waals surface area contributed by atoms with Crippen molar-refractivity contribution in [3.05, 3.63) is 54.4 Å². The summed E-state index contributed by atoms with van der Waals surface area (Å²) in [4.78, 5) is 12.8. The minimum Gasteiger partial charge on any atom is -0.481 e. The van der Waals surface area contributed by atoms with Gasteiger partial charge in [-0.3, -0.25) is 4.98 Å². The third-order valence-corrected chi connectivity index (χ3v) is 3.23. The fourth-order valence-corrected chi connectivity index (χ4v) is 2.22. The third-order valence-electron chi connectivity index (χ3n) is 3.23. The van der Waals surface area contributed by atoms with E-state index in [9.17, 15) is 0 Å². The van der Waals surface area contributed by atoms with Gasteiger partial charge in [-0.1, -0.05) is 24.3 Å². The fraction of sp³-hybridized carbons (Fsp3) is 0.188. The van der Waals surface area contributed by atoms with E-state index in [0.29, 0.717) is 11.8 Å². The van der Waals surface area contributed by atoms with E-state index in [-0.39, 0.29) is 0 Å². The zero-order valence-electron chi connectivity index (χ0n) is 11.8. The van der Waals surface area contributed by atoms with Crippen LogP contribution in [0.15, 0.2) is 48.8 Å². The van der Waals surface area contributed by atoms with Crippen LogP contribution in [-0.2, 0) is 6.42 Å². The molecule has 2 aromatic heterocycles. The lowest BCUT2D eigenvalue weighted by atomic mass is 10.1. The Hall–Kier alpha value is -2.69. The zero-order chi connectivity index (χ0) is 14.5. The Balaban J connectivity index is 1.69. The maximum absolute atomic E-state index is 5.08. The second-order valence-electron chi connectivity index (χ2n) is 4.59. The normalized spacial score (nSPS) is 10.5. The van der Waals surface area contributed by atoms with Crippen molar-refractivity contribution in [2.45, 2.75) is 6.42 Å². The first-order valence-electron chi connectivity index (χ1n) is 6.80. The molecule has 3 aromatic rings. The van der Waals surface area contributed by atoms with Gasteiger partial charge in [-0.2, -0.15) is 4.98 Å². The van der Waals surface area contributed by atoms with Gasteiger partial charge in [-0.05, 0) is 18.1 Å². The minimum absolute atomic E-state index is 0.555. The molecule has 0 unspecified atom stereocenters. The highest BCUT2D eigenvalue weighted by atomic mass is 16.5. The van der Waals surface area contributed by atoms with Crippen molar-refractivity contribution in [1.82, 2.24) is 15.0 Å². The first kappa shape index (κ1) is 13.3. The van der Waals surface area contributed by atoms with E-state index in [0.717, 1.165) is 23.9 Å². The highest BCUT2D eigenvalue weighted by Gasteiger charge is 2.03. The first-order valence-corrected chi connectivity index (χ1v) is 6.80. The molecule has 1 N–H and O–H groups in total. The maximum atomic E-state index is 5.08. The van der Waals surface area contributed by atoms with E-state index < -0.39 is 0 Å². The van der Waals surface area contributed by atoms with Crippen molar-refractivity contribution >= 4 is 16.9 Å². The van der Waals surface area contributed by atoms with Gasteiger partial charge in [0, 0.05) is 30.4 Å². The van der Waals surface area contributed by atoms with Crippen LogP contribution in [-0.4, -0.2) is 28.6 Å². The summed E-state index contributed by atoms with van der Waals surface area (Å²) >= 11 is 0. The molecule has 0 aliphatic rings. The predicted octanol–water partition coefficient (Wildman–Crippen LogP) is 2.69. The Morgan fingerprint density at radius 1 is 1.05 bits per heavy atom. The highest BCUT2D eigenvalue weighted by Crippen LogP contribution is 2.16. The van der Waals surface area contributed by atoms with Crippen LogP contribution >= 0.6 is 0 Å². The molecule has 0 aliphatic carbocycles. The van der Waals surface area contributed by atoms with E-state index in [1.54, 1.807) is 19.4 Å². The van der Waals surface area contributed by atoms with Crippen LogP contribution in [0.1, 0.15) is 5.56 Å². The van der Waals surface area contributed by atoms with E-state index in [1.165, 1.54) is 5.56 Å². The number of fused-ring (bicyclic) bond motifs is 1. The van der Waals surface area contributed by atoms with Gasteiger partial charge in [0.1, 0.15) is 0 Å². The smallest absolute Gasteiger partial charge is 0.225 e. The average molecular weight is 280 g/mol. The zero-order valence-corrected chi connectivity index (χ0v) is 11.8. The summed E-state index contributed by atoms with van der Waals surface area (Å²) < 4.78 is 5.08. The Bertz CT molecular complexity index is 740. The monoisotopic (exact) mass is 280 g/mol. The number of anilines is 1. The molecular formula is C16H16N4O. The SMILES string of the molecule is COc1ccnc(NCCc2cccc3cccnc23)n1. The Kier molecular flexibility index (Phi) is 3.91. The van der Waals surface area contributed by atoms with Crippen molar-refractivity contribution in [2.75, 3.05) is 19.0 Å². The number of hydrogen-bond donors (Lipinski definition) is 1. The summed E-state index contributed by atoms with van der Waals surface area (Å²) in [6.45, 7) is 0.739. The third kappa shape index (κ3) is 3.08. The molecule has 0 atom stereocenters. The molecule has 5 nitrogen and oxygen atoms in total. The molecule has 0 saturated heterocycles. The largest absolute Gasteiger partial charge is 0.481 e. The molecule has 0 saturated carbocycles. The number of para-hydroxylation sites is 1. The Morgan fingerprint density at radius 2 is 1.95 bits per heavy atom. The summed E-state index contributed by atoms with van der Waals surface area (Å²) in [5.74, 6) is 1.13. The van der Waals surface area contributed by atoms with Crippen molar-refractivity contribution in [1.29, 1.82) is 0 Å². The summed E-state index contributed by atoms with van der Waals surface area (Å²) in [6, 6.07) is 12.0. The van der Waals surface area contributed by atoms with Crippen LogP contribution in [0, 0.1) is 0 Å². The van der Waals surface area contributed by atoms with Gasteiger partial charge >= 0.3 is 0 Å². The van der Waals surface area contributed by atoms with Gasteiger partial charge in [-0.25, -0.2) is 4.98 Å². The lowest BCUT2D eigenvalue weighted by Crippen LogP contribution is -2.08. The van der Waals surface area contributed by atoms with Crippen molar-refractivity contribution in [2.24, 2.45) is 0 Å². The molecule has 0 spiro atoms. The van der Waals surface area contributed by atoms with Crippen LogP contribution in [0.2, 0.25) is 0 Å². The van der Waals surface area contributed by atoms with E-state index in [2.05, 4.69) is 44.5 Å². The highest BCUT2D eigenvalue weighted by molar-refractivity contribution is 5.81. The second kappa shape index (κ2) is 6.17. The van der Waals surface area contributed by atoms with Crippen LogP contribution in [0.25, 0.3) is 10.9 Å². The molecule has 106 valence electrons. The number of nitrogens with zero attached hydrogens (tertiary/aromatic N) is 3. The first-order chi connectivity index (χ1) is 10.4. The number of methoxy groups -OCH3 is 1. The summed E-state index contributed by atoms with van der Waals surface area (Å²) in [7, 11) is 1.59. The molecule has 5 heteroatoms. The maximum Gasteiger partial charge on any atom is 0.225 e. The van der Waals surface area contributed by atoms with E-state index in [1.807, 2.05) is 12.3 Å². The van der Waals surface area contributed by atoms with Crippen molar-refractivity contribution in [3.63, 3.8) is 0 Å². The molecule has 0 amide bonds. The molecule has 2 heterocycles. The molecule has 21 heavy (non-hydrogen) atoms. The number of rotatable bonds is 5. The second-order valence-corrected chi connectivity index (χ2v) is 4.59. The van der Waals surface area contributed by atoms with Crippen molar-refractivity contribution in [3.8, 4) is 5.88 Å². The topological polar surface area (TPSA) is 59.9 Å². The van der Waals surface area contributed by atoms with Gasteiger partial charge in [0.2, 0.25) is 11.8 Å². The molecule has 0 aliphatic heterocycles. The van der Waals surface area contributed by atoms with Crippen LogP contribution in [0.5, 0.6) is 5.88 Å². The molecule has 0 fully saturated rings. The molecule has 0 radical (unpaired) electrons. The number of pyridine rings is 1. The van der Waals surface area contributed by atoms with Gasteiger partial charge in [0.25, 0.3) is 0 Å². The van der Waals surface area contributed by atoms with Gasteiger partial charge in [0.05, 0.1) is 12.6 Å². The Labute approximate surface area is 123 Å². The predicted molar refractivity (Wildman–Crippen MR) is 82.5 cm³/mol. The van der Waals surface area contributed by atoms with Crippen molar-refractivity contribution < 1.29 is 4.74 Å². The number of ether oxygens (including phenoxy) is 1. The number of aromatic nitrogens is 3. The van der Waals surface area contributed by atoms with E-state index >= 15 is 0 Å². The number of nitrogens with one attached hydrogen (secondary N) is 1. The van der Waals surface area contributed by atoms with Crippen LogP contribution in [0.3, 0.4) is 0 Å². The molecule has 3 rings (SSSR count). The summed E-state index contributed by atoms with van der Waals surface area (Å²) in [6.07, 6.45) is 4.35. The minimum atomic E-state index is 0.555. The van der Waals surface area contributed by atoms with Gasteiger partial charge < -0.3 is 10.1 Å². The Morgan fingerprint density at radius 3 is 2.86 bits per heavy atom. The van der Waals surface area contributed by atoms with Gasteiger partial charge in [0.15, 0.2) is 0 Å². The summed E-state index contributed by atoms with van der Waals surface area (Å²) in [5.41, 5.74) is 2.26. The average Bonchev–Trinajstić information content (AvgIpc) is 2.55.